The lowest BCUT2D eigenvalue weighted by Gasteiger charge is -2.30. The maximum Gasteiger partial charge on any atom is 0.254 e. The first-order valence-corrected chi connectivity index (χ1v) is 12.8. The number of aliphatic hydroxyl groups is 1. The number of aliphatic hydroxyl groups excluding tert-OH is 1. The minimum Gasteiger partial charge on any atom is -0.508 e. The van der Waals surface area contributed by atoms with Crippen molar-refractivity contribution < 1.29 is 24.6 Å². The second-order valence-electron chi connectivity index (χ2n) is 9.71. The van der Waals surface area contributed by atoms with E-state index in [1.54, 1.807) is 37.4 Å². The number of rotatable bonds is 9. The Morgan fingerprint density at radius 1 is 1.08 bits per heavy atom. The molecule has 1 aliphatic rings. The zero-order valence-electron chi connectivity index (χ0n) is 21.7. The van der Waals surface area contributed by atoms with Crippen LogP contribution in [0.2, 0.25) is 0 Å². The largest absolute Gasteiger partial charge is 0.508 e. The lowest BCUT2D eigenvalue weighted by Crippen LogP contribution is -2.56. The van der Waals surface area contributed by atoms with Gasteiger partial charge in [0.15, 0.2) is 6.10 Å². The molecule has 4 rings (SSSR count). The second-order valence-corrected chi connectivity index (χ2v) is 9.71. The predicted molar refractivity (Wildman–Crippen MR) is 144 cm³/mol. The number of aromatic nitrogens is 1. The highest BCUT2D eigenvalue weighted by Crippen LogP contribution is 2.22. The van der Waals surface area contributed by atoms with Crippen LogP contribution < -0.4 is 16.4 Å². The molecule has 0 spiro atoms. The molecule has 39 heavy (non-hydrogen) atoms. The zero-order valence-corrected chi connectivity index (χ0v) is 21.7. The molecule has 1 aromatic heterocycles. The van der Waals surface area contributed by atoms with Crippen molar-refractivity contribution in [1.82, 2.24) is 20.5 Å². The number of benzene rings is 2. The lowest BCUT2D eigenvalue weighted by molar-refractivity contribution is -0.146. The molecule has 0 saturated carbocycles. The minimum atomic E-state index is -1.65. The molecule has 10 nitrogen and oxygen atoms in total. The quantitative estimate of drug-likeness (QED) is 0.276. The number of amides is 3. The number of nitrogens with two attached hydrogens (primary N) is 1. The molecular weight excluding hydrogens is 498 g/mol. The Kier molecular flexibility index (Phi) is 8.90. The van der Waals surface area contributed by atoms with Gasteiger partial charge in [-0.05, 0) is 49.6 Å². The van der Waals surface area contributed by atoms with Gasteiger partial charge in [0.25, 0.3) is 11.8 Å². The average molecular weight is 532 g/mol. The third-order valence-corrected chi connectivity index (χ3v) is 6.89. The van der Waals surface area contributed by atoms with Gasteiger partial charge in [-0.2, -0.15) is 0 Å². The van der Waals surface area contributed by atoms with Gasteiger partial charge in [-0.3, -0.25) is 19.4 Å². The summed E-state index contributed by atoms with van der Waals surface area (Å²) in [4.78, 5) is 45.3. The SMILES string of the molecule is Cc1c(O)cccc1C(=O)NC(Cc1ccccc1)C(O)C(=O)N1CC(N)CC1C(=O)NCc1ccccn1. The number of hydrogen-bond donors (Lipinski definition) is 5. The van der Waals surface area contributed by atoms with Crippen LogP contribution in [0.5, 0.6) is 5.75 Å². The summed E-state index contributed by atoms with van der Waals surface area (Å²) in [6, 6.07) is 16.8. The van der Waals surface area contributed by atoms with Crippen LogP contribution in [0.3, 0.4) is 0 Å². The maximum absolute atomic E-state index is 13.6. The average Bonchev–Trinajstić information content (AvgIpc) is 3.34. The maximum atomic E-state index is 13.6. The summed E-state index contributed by atoms with van der Waals surface area (Å²) >= 11 is 0. The number of aromatic hydroxyl groups is 1. The van der Waals surface area contributed by atoms with Gasteiger partial charge in [-0.15, -0.1) is 0 Å². The van der Waals surface area contributed by atoms with Gasteiger partial charge in [0.2, 0.25) is 5.91 Å². The number of carbonyl (C=O) groups excluding carboxylic acids is 3. The molecule has 4 atom stereocenters. The van der Waals surface area contributed by atoms with E-state index in [0.29, 0.717) is 11.3 Å². The highest BCUT2D eigenvalue weighted by molar-refractivity contribution is 5.97. The highest BCUT2D eigenvalue weighted by atomic mass is 16.3. The lowest BCUT2D eigenvalue weighted by atomic mass is 9.98. The molecule has 0 radical (unpaired) electrons. The fourth-order valence-electron chi connectivity index (χ4n) is 4.73. The Hall–Kier alpha value is -4.28. The van der Waals surface area contributed by atoms with E-state index in [0.717, 1.165) is 5.56 Å². The van der Waals surface area contributed by atoms with E-state index < -0.39 is 42.0 Å². The molecule has 6 N–H and O–H groups in total. The van der Waals surface area contributed by atoms with Gasteiger partial charge in [0, 0.05) is 29.9 Å². The minimum absolute atomic E-state index is 0.0375. The normalized spacial score (nSPS) is 18.3. The van der Waals surface area contributed by atoms with E-state index in [9.17, 15) is 24.6 Å². The first kappa shape index (κ1) is 27.7. The van der Waals surface area contributed by atoms with Crippen molar-refractivity contribution in [2.75, 3.05) is 6.54 Å². The van der Waals surface area contributed by atoms with Gasteiger partial charge < -0.3 is 31.5 Å². The first-order chi connectivity index (χ1) is 18.7. The molecule has 1 saturated heterocycles. The van der Waals surface area contributed by atoms with Gasteiger partial charge in [0.1, 0.15) is 11.8 Å². The number of likely N-dealkylation sites (tertiary alicyclic amines) is 1. The summed E-state index contributed by atoms with van der Waals surface area (Å²) in [5.74, 6) is -1.67. The number of phenols is 1. The van der Waals surface area contributed by atoms with E-state index in [-0.39, 0.29) is 37.2 Å². The van der Waals surface area contributed by atoms with E-state index >= 15 is 0 Å². The Morgan fingerprint density at radius 3 is 2.54 bits per heavy atom. The van der Waals surface area contributed by atoms with Crippen molar-refractivity contribution in [3.63, 3.8) is 0 Å². The van der Waals surface area contributed by atoms with Crippen molar-refractivity contribution in [3.05, 3.63) is 95.3 Å². The second kappa shape index (κ2) is 12.5. The van der Waals surface area contributed by atoms with Crippen LogP contribution in [-0.4, -0.2) is 68.6 Å². The molecule has 2 aromatic carbocycles. The van der Waals surface area contributed by atoms with Crippen LogP contribution in [0.25, 0.3) is 0 Å². The van der Waals surface area contributed by atoms with Crippen LogP contribution in [-0.2, 0) is 22.6 Å². The third-order valence-electron chi connectivity index (χ3n) is 6.89. The van der Waals surface area contributed by atoms with Gasteiger partial charge in [-0.1, -0.05) is 42.5 Å². The molecule has 3 amide bonds. The Balaban J connectivity index is 1.52. The van der Waals surface area contributed by atoms with Crippen LogP contribution >= 0.6 is 0 Å². The van der Waals surface area contributed by atoms with Gasteiger partial charge in [-0.25, -0.2) is 0 Å². The number of pyridine rings is 1. The molecule has 0 aliphatic carbocycles. The highest BCUT2D eigenvalue weighted by Gasteiger charge is 2.42. The van der Waals surface area contributed by atoms with E-state index in [1.807, 2.05) is 36.4 Å². The Bertz CT molecular complexity index is 1300. The number of nitrogens with one attached hydrogen (secondary N) is 2. The van der Waals surface area contributed by atoms with E-state index in [1.165, 1.54) is 11.0 Å². The van der Waals surface area contributed by atoms with Crippen LogP contribution in [0.1, 0.15) is 33.6 Å². The molecule has 2 heterocycles. The van der Waals surface area contributed by atoms with Crippen LogP contribution in [0, 0.1) is 6.92 Å². The summed E-state index contributed by atoms with van der Waals surface area (Å²) in [5.41, 5.74) is 8.19. The van der Waals surface area contributed by atoms with Crippen molar-refractivity contribution in [2.45, 2.75) is 50.5 Å². The summed E-state index contributed by atoms with van der Waals surface area (Å²) in [5, 5.41) is 26.9. The fraction of sp³-hybridized carbons (Fsp3) is 0.310. The molecule has 3 aromatic rings. The smallest absolute Gasteiger partial charge is 0.254 e. The van der Waals surface area contributed by atoms with Gasteiger partial charge in [0.05, 0.1) is 18.3 Å². The number of hydrogen-bond acceptors (Lipinski definition) is 7. The first-order valence-electron chi connectivity index (χ1n) is 12.8. The third kappa shape index (κ3) is 6.78. The number of phenolic OH excluding ortho intramolecular Hbond substituents is 1. The Labute approximate surface area is 226 Å². The van der Waals surface area contributed by atoms with Crippen molar-refractivity contribution in [1.29, 1.82) is 0 Å². The number of carbonyl (C=O) groups is 3. The Morgan fingerprint density at radius 2 is 1.82 bits per heavy atom. The summed E-state index contributed by atoms with van der Waals surface area (Å²) in [6.45, 7) is 1.89. The molecule has 204 valence electrons. The topological polar surface area (TPSA) is 158 Å². The predicted octanol–water partition coefficient (Wildman–Crippen LogP) is 1.04. The summed E-state index contributed by atoms with van der Waals surface area (Å²) < 4.78 is 0. The fourth-order valence-corrected chi connectivity index (χ4v) is 4.73. The molecule has 1 aliphatic heterocycles. The van der Waals surface area contributed by atoms with E-state index in [2.05, 4.69) is 15.6 Å². The standard InChI is InChI=1S/C29H33N5O5/c1-18-22(11-7-12-25(18)35)27(37)33-23(14-19-8-3-2-4-9-19)26(36)29(39)34-17-20(30)15-24(34)28(38)32-16-21-10-5-6-13-31-21/h2-13,20,23-24,26,35-36H,14-17,30H2,1H3,(H,32,38)(H,33,37). The van der Waals surface area contributed by atoms with Crippen molar-refractivity contribution >= 4 is 17.7 Å². The monoisotopic (exact) mass is 531 g/mol. The number of nitrogens with zero attached hydrogens (tertiary/aromatic N) is 2. The molecule has 0 bridgehead atoms. The summed E-state index contributed by atoms with van der Waals surface area (Å²) in [6.07, 6.45) is 0.375. The van der Waals surface area contributed by atoms with Crippen molar-refractivity contribution in [3.8, 4) is 5.75 Å². The van der Waals surface area contributed by atoms with Crippen LogP contribution in [0.4, 0.5) is 0 Å². The molecular formula is C29H33N5O5. The molecule has 4 unspecified atom stereocenters. The molecule has 10 heteroatoms. The van der Waals surface area contributed by atoms with Gasteiger partial charge >= 0.3 is 0 Å². The molecule has 1 fully saturated rings. The summed E-state index contributed by atoms with van der Waals surface area (Å²) in [7, 11) is 0. The van der Waals surface area contributed by atoms with Crippen molar-refractivity contribution in [2.24, 2.45) is 5.73 Å². The zero-order chi connectivity index (χ0) is 27.9. The van der Waals surface area contributed by atoms with Crippen LogP contribution in [0.15, 0.2) is 72.9 Å². The van der Waals surface area contributed by atoms with E-state index in [4.69, 9.17) is 5.73 Å².